The molecule has 0 saturated carbocycles. The number of carbonyl (C=O) groups excluding carboxylic acids is 3. The molecule has 8 N–H and O–H groups in total. The number of carboxylic acid groups (broad SMARTS) is 3. The standard InChI is InChI=1S/C24H34N4O9S/c1-38-12-11-16(22(34)27-17(24(36)37)8-10-20(31)32)26-23(35)18(13-14-5-3-2-4-6-14)28-21(33)15(25)7-9-19(29)30/h2-6,15-18H,7-13,25H2,1H3,(H,26,35)(H,27,34)(H,28,33)(H,29,30)(H,31,32)(H,36,37). The lowest BCUT2D eigenvalue weighted by molar-refractivity contribution is -0.143. The van der Waals surface area contributed by atoms with Crippen molar-refractivity contribution in [1.82, 2.24) is 16.0 Å². The summed E-state index contributed by atoms with van der Waals surface area (Å²) < 4.78 is 0. The summed E-state index contributed by atoms with van der Waals surface area (Å²) in [5, 5.41) is 34.4. The largest absolute Gasteiger partial charge is 0.481 e. The van der Waals surface area contributed by atoms with Crippen LogP contribution < -0.4 is 21.7 Å². The summed E-state index contributed by atoms with van der Waals surface area (Å²) in [6, 6.07) is 3.71. The van der Waals surface area contributed by atoms with E-state index in [9.17, 15) is 33.9 Å². The van der Waals surface area contributed by atoms with Gasteiger partial charge in [0.15, 0.2) is 0 Å². The molecule has 3 amide bonds. The van der Waals surface area contributed by atoms with E-state index in [2.05, 4.69) is 16.0 Å². The summed E-state index contributed by atoms with van der Waals surface area (Å²) in [6.45, 7) is 0. The maximum absolute atomic E-state index is 13.2. The van der Waals surface area contributed by atoms with Crippen LogP contribution in [0.25, 0.3) is 0 Å². The number of benzene rings is 1. The fraction of sp³-hybridized carbons (Fsp3) is 0.500. The summed E-state index contributed by atoms with van der Waals surface area (Å²) >= 11 is 1.39. The molecule has 13 nitrogen and oxygen atoms in total. The van der Waals surface area contributed by atoms with Crippen molar-refractivity contribution in [3.8, 4) is 0 Å². The van der Waals surface area contributed by atoms with Crippen LogP contribution in [0.5, 0.6) is 0 Å². The van der Waals surface area contributed by atoms with Gasteiger partial charge < -0.3 is 37.0 Å². The number of hydrogen-bond acceptors (Lipinski definition) is 8. The van der Waals surface area contributed by atoms with E-state index in [1.165, 1.54) is 11.8 Å². The molecule has 0 saturated heterocycles. The number of nitrogens with two attached hydrogens (primary N) is 1. The van der Waals surface area contributed by atoms with E-state index in [1.807, 2.05) is 0 Å². The molecule has 4 unspecified atom stereocenters. The van der Waals surface area contributed by atoms with Gasteiger partial charge in [-0.15, -0.1) is 0 Å². The minimum atomic E-state index is -1.47. The third kappa shape index (κ3) is 12.5. The molecular formula is C24H34N4O9S. The van der Waals surface area contributed by atoms with Crippen LogP contribution in [0.2, 0.25) is 0 Å². The second-order valence-electron chi connectivity index (χ2n) is 8.46. The molecule has 0 heterocycles. The monoisotopic (exact) mass is 554 g/mol. The Kier molecular flexibility index (Phi) is 14.5. The molecule has 1 aromatic rings. The minimum Gasteiger partial charge on any atom is -0.481 e. The van der Waals surface area contributed by atoms with Crippen molar-refractivity contribution >= 4 is 47.4 Å². The van der Waals surface area contributed by atoms with Crippen LogP contribution in [-0.4, -0.2) is 87.1 Å². The first-order valence-electron chi connectivity index (χ1n) is 11.8. The first-order chi connectivity index (χ1) is 17.9. The van der Waals surface area contributed by atoms with Gasteiger partial charge >= 0.3 is 17.9 Å². The molecule has 1 rings (SSSR count). The highest BCUT2D eigenvalue weighted by atomic mass is 32.2. The number of carboxylic acids is 3. The van der Waals surface area contributed by atoms with Crippen molar-refractivity contribution in [3.63, 3.8) is 0 Å². The topological polar surface area (TPSA) is 225 Å². The number of amides is 3. The molecule has 38 heavy (non-hydrogen) atoms. The summed E-state index contributed by atoms with van der Waals surface area (Å²) in [5.41, 5.74) is 6.48. The van der Waals surface area contributed by atoms with Gasteiger partial charge in [0, 0.05) is 19.3 Å². The third-order valence-electron chi connectivity index (χ3n) is 5.43. The SMILES string of the molecule is CSCCC(NC(=O)C(Cc1ccccc1)NC(=O)C(N)CCC(=O)O)C(=O)NC(CCC(=O)O)C(=O)O. The van der Waals surface area contributed by atoms with Crippen LogP contribution in [0.1, 0.15) is 37.7 Å². The number of carbonyl (C=O) groups is 6. The molecule has 0 radical (unpaired) electrons. The molecule has 4 atom stereocenters. The Labute approximate surface area is 223 Å². The average Bonchev–Trinajstić information content (AvgIpc) is 2.86. The Hall–Kier alpha value is -3.65. The van der Waals surface area contributed by atoms with Crippen LogP contribution in [0, 0.1) is 0 Å². The summed E-state index contributed by atoms with van der Waals surface area (Å²) in [4.78, 5) is 71.9. The maximum atomic E-state index is 13.2. The van der Waals surface area contributed by atoms with Gasteiger partial charge in [-0.25, -0.2) is 4.79 Å². The van der Waals surface area contributed by atoms with Crippen molar-refractivity contribution in [3.05, 3.63) is 35.9 Å². The lowest BCUT2D eigenvalue weighted by Gasteiger charge is -2.25. The van der Waals surface area contributed by atoms with Gasteiger partial charge in [0.25, 0.3) is 0 Å². The van der Waals surface area contributed by atoms with Crippen LogP contribution in [0.3, 0.4) is 0 Å². The van der Waals surface area contributed by atoms with E-state index in [0.717, 1.165) is 0 Å². The Balaban J connectivity index is 3.06. The minimum absolute atomic E-state index is 0.0390. The Morgan fingerprint density at radius 1 is 0.763 bits per heavy atom. The fourth-order valence-electron chi connectivity index (χ4n) is 3.32. The van der Waals surface area contributed by atoms with Crippen LogP contribution >= 0.6 is 11.8 Å². The number of nitrogens with one attached hydrogen (secondary N) is 3. The van der Waals surface area contributed by atoms with Crippen molar-refractivity contribution in [2.24, 2.45) is 5.73 Å². The molecule has 210 valence electrons. The molecule has 0 aromatic heterocycles. The van der Waals surface area contributed by atoms with Gasteiger partial charge in [-0.1, -0.05) is 30.3 Å². The lowest BCUT2D eigenvalue weighted by Crippen LogP contribution is -2.57. The predicted octanol–water partition coefficient (Wildman–Crippen LogP) is -0.422. The molecule has 0 aliphatic carbocycles. The fourth-order valence-corrected chi connectivity index (χ4v) is 3.79. The average molecular weight is 555 g/mol. The molecule has 0 bridgehead atoms. The summed E-state index contributed by atoms with van der Waals surface area (Å²) in [6.07, 6.45) is 0.638. The van der Waals surface area contributed by atoms with Gasteiger partial charge in [-0.3, -0.25) is 24.0 Å². The smallest absolute Gasteiger partial charge is 0.326 e. The molecule has 0 spiro atoms. The molecule has 0 aliphatic heterocycles. The van der Waals surface area contributed by atoms with E-state index >= 15 is 0 Å². The van der Waals surface area contributed by atoms with E-state index in [-0.39, 0.29) is 32.1 Å². The predicted molar refractivity (Wildman–Crippen MR) is 138 cm³/mol. The number of aliphatic carboxylic acids is 3. The third-order valence-corrected chi connectivity index (χ3v) is 6.07. The Bertz CT molecular complexity index is 977. The Morgan fingerprint density at radius 3 is 1.84 bits per heavy atom. The molecular weight excluding hydrogens is 520 g/mol. The second-order valence-corrected chi connectivity index (χ2v) is 9.45. The van der Waals surface area contributed by atoms with E-state index in [0.29, 0.717) is 11.3 Å². The van der Waals surface area contributed by atoms with Crippen molar-refractivity contribution in [2.45, 2.75) is 62.7 Å². The first-order valence-corrected chi connectivity index (χ1v) is 13.2. The highest BCUT2D eigenvalue weighted by molar-refractivity contribution is 7.98. The zero-order chi connectivity index (χ0) is 28.7. The van der Waals surface area contributed by atoms with E-state index in [4.69, 9.17) is 15.9 Å². The summed E-state index contributed by atoms with van der Waals surface area (Å²) in [7, 11) is 0. The van der Waals surface area contributed by atoms with Gasteiger partial charge in [0.05, 0.1) is 6.04 Å². The normalized spacial score (nSPS) is 13.8. The van der Waals surface area contributed by atoms with Crippen LogP contribution in [0.4, 0.5) is 0 Å². The first kappa shape index (κ1) is 32.4. The zero-order valence-corrected chi connectivity index (χ0v) is 21.7. The highest BCUT2D eigenvalue weighted by Crippen LogP contribution is 2.08. The Morgan fingerprint density at radius 2 is 1.29 bits per heavy atom. The van der Waals surface area contributed by atoms with Crippen molar-refractivity contribution < 1.29 is 44.1 Å². The van der Waals surface area contributed by atoms with Gasteiger partial charge in [-0.05, 0) is 36.8 Å². The lowest BCUT2D eigenvalue weighted by atomic mass is 10.0. The highest BCUT2D eigenvalue weighted by Gasteiger charge is 2.30. The van der Waals surface area contributed by atoms with Gasteiger partial charge in [-0.2, -0.15) is 11.8 Å². The number of hydrogen-bond donors (Lipinski definition) is 7. The van der Waals surface area contributed by atoms with E-state index in [1.54, 1.807) is 36.6 Å². The van der Waals surface area contributed by atoms with Gasteiger partial charge in [0.2, 0.25) is 17.7 Å². The van der Waals surface area contributed by atoms with Crippen LogP contribution in [0.15, 0.2) is 30.3 Å². The van der Waals surface area contributed by atoms with Crippen molar-refractivity contribution in [1.29, 1.82) is 0 Å². The van der Waals surface area contributed by atoms with Gasteiger partial charge in [0.1, 0.15) is 18.1 Å². The maximum Gasteiger partial charge on any atom is 0.326 e. The number of thioether (sulfide) groups is 1. The summed E-state index contributed by atoms with van der Waals surface area (Å²) in [5.74, 6) is -5.62. The quantitative estimate of drug-likeness (QED) is 0.123. The molecule has 14 heteroatoms. The molecule has 0 fully saturated rings. The number of rotatable bonds is 18. The van der Waals surface area contributed by atoms with Crippen molar-refractivity contribution in [2.75, 3.05) is 12.0 Å². The second kappa shape index (κ2) is 17.0. The van der Waals surface area contributed by atoms with Crippen LogP contribution in [-0.2, 0) is 35.2 Å². The molecule has 1 aromatic carbocycles. The zero-order valence-electron chi connectivity index (χ0n) is 20.9. The van der Waals surface area contributed by atoms with E-state index < -0.39 is 66.2 Å². The molecule has 0 aliphatic rings.